The van der Waals surface area contributed by atoms with Crippen LogP contribution < -0.4 is 28.4 Å². The summed E-state index contributed by atoms with van der Waals surface area (Å²) in [6.45, 7) is 2.48. The lowest BCUT2D eigenvalue weighted by Crippen LogP contribution is -2.38. The molecule has 1 radical (unpaired) electrons. The third-order valence-corrected chi connectivity index (χ3v) is 8.50. The summed E-state index contributed by atoms with van der Waals surface area (Å²) < 4.78 is 14.0. The van der Waals surface area contributed by atoms with Gasteiger partial charge in [-0.3, -0.25) is 0 Å². The van der Waals surface area contributed by atoms with Crippen molar-refractivity contribution >= 4 is 42.1 Å². The Morgan fingerprint density at radius 1 is 0.521 bits per heavy atom. The standard InChI is InChI=1S/C38H35B2N4O4/c45-39-48-34-23-31(26-42-15-5-2-6-16-42)20-32(24-34)28-44-18-8-10-36-35-9-7-17-43(37(35)11-12-38(36)44)27-30-19-29(21-33(22-30)40(46)47)25-41-13-3-1-4-14-41/h1-24,45-47H,25-28H2/q+4. The Hall–Kier alpha value is -5.41. The molecular weight excluding hydrogens is 598 g/mol. The summed E-state index contributed by atoms with van der Waals surface area (Å²) in [5.41, 5.74) is 6.74. The average Bonchev–Trinajstić information content (AvgIpc) is 3.09. The minimum atomic E-state index is -1.55. The zero-order valence-electron chi connectivity index (χ0n) is 26.4. The van der Waals surface area contributed by atoms with Gasteiger partial charge in [-0.25, -0.2) is 9.13 Å². The maximum atomic E-state index is 10.1. The monoisotopic (exact) mass is 633 g/mol. The predicted octanol–water partition coefficient (Wildman–Crippen LogP) is 1.92. The number of benzene rings is 3. The first-order valence-electron chi connectivity index (χ1n) is 15.9. The van der Waals surface area contributed by atoms with E-state index in [-0.39, 0.29) is 0 Å². The highest BCUT2D eigenvalue weighted by atomic mass is 16.5. The maximum Gasteiger partial charge on any atom is 0.569 e. The second-order valence-corrected chi connectivity index (χ2v) is 12.0. The van der Waals surface area contributed by atoms with Gasteiger partial charge >= 0.3 is 14.8 Å². The van der Waals surface area contributed by atoms with Crippen LogP contribution in [-0.4, -0.2) is 29.9 Å². The van der Waals surface area contributed by atoms with Crippen LogP contribution in [0.1, 0.15) is 22.3 Å². The Labute approximate surface area is 280 Å². The highest BCUT2D eigenvalue weighted by Crippen LogP contribution is 2.23. The van der Waals surface area contributed by atoms with Gasteiger partial charge in [-0.05, 0) is 41.9 Å². The van der Waals surface area contributed by atoms with E-state index >= 15 is 0 Å². The molecule has 7 rings (SSSR count). The molecule has 0 aliphatic carbocycles. The Bertz CT molecular complexity index is 2200. The minimum Gasteiger partial charge on any atom is -0.537 e. The molecule has 3 N–H and O–H groups in total. The van der Waals surface area contributed by atoms with E-state index in [9.17, 15) is 15.1 Å². The molecule has 4 heterocycles. The molecular formula is C38H35B2N4O4+4. The third kappa shape index (κ3) is 7.11. The molecule has 0 bridgehead atoms. The first-order chi connectivity index (χ1) is 23.5. The topological polar surface area (TPSA) is 85.4 Å². The molecule has 8 nitrogen and oxygen atoms in total. The molecule has 48 heavy (non-hydrogen) atoms. The summed E-state index contributed by atoms with van der Waals surface area (Å²) >= 11 is 0. The fraction of sp³-hybridized carbons (Fsp3) is 0.105. The van der Waals surface area contributed by atoms with Gasteiger partial charge in [-0.15, -0.1) is 0 Å². The largest absolute Gasteiger partial charge is 0.569 e. The van der Waals surface area contributed by atoms with Gasteiger partial charge in [-0.1, -0.05) is 24.3 Å². The van der Waals surface area contributed by atoms with E-state index in [1.807, 2.05) is 85.5 Å². The molecule has 0 saturated heterocycles. The Morgan fingerprint density at radius 2 is 0.979 bits per heavy atom. The van der Waals surface area contributed by atoms with Crippen molar-refractivity contribution in [2.45, 2.75) is 26.2 Å². The first-order valence-corrected chi connectivity index (χ1v) is 15.9. The Kier molecular flexibility index (Phi) is 9.20. The summed E-state index contributed by atoms with van der Waals surface area (Å²) in [6, 6.07) is 36.6. The molecule has 0 aliphatic rings. The SMILES string of the molecule is O[B]Oc1cc(C[n+]2ccccc2)cc(C[n+]2cccc3c4ccc[n+](Cc5cc(C[n+]6ccccc6)cc(B(O)O)c5)c4ccc32)c1. The van der Waals surface area contributed by atoms with E-state index in [0.717, 1.165) is 51.7 Å². The number of fused-ring (bicyclic) bond motifs is 3. The summed E-state index contributed by atoms with van der Waals surface area (Å²) in [5.74, 6) is 0.581. The van der Waals surface area contributed by atoms with E-state index in [1.165, 1.54) is 0 Å². The fourth-order valence-corrected chi connectivity index (χ4v) is 6.44. The number of aromatic nitrogens is 4. The molecule has 0 saturated carbocycles. The van der Waals surface area contributed by atoms with Crippen LogP contribution >= 0.6 is 0 Å². The van der Waals surface area contributed by atoms with Crippen LogP contribution in [0.25, 0.3) is 21.8 Å². The second kappa shape index (κ2) is 14.1. The second-order valence-electron chi connectivity index (χ2n) is 12.0. The number of hydrogen-bond donors (Lipinski definition) is 3. The van der Waals surface area contributed by atoms with Gasteiger partial charge in [0.15, 0.2) is 63.4 Å². The van der Waals surface area contributed by atoms with Crippen LogP contribution in [0.5, 0.6) is 5.75 Å². The molecule has 0 atom stereocenters. The van der Waals surface area contributed by atoms with E-state index in [2.05, 4.69) is 79.2 Å². The van der Waals surface area contributed by atoms with Crippen molar-refractivity contribution in [3.63, 3.8) is 0 Å². The maximum absolute atomic E-state index is 10.1. The van der Waals surface area contributed by atoms with Gasteiger partial charge in [0, 0.05) is 70.8 Å². The van der Waals surface area contributed by atoms with Crippen molar-refractivity contribution in [3.05, 3.63) is 169 Å². The van der Waals surface area contributed by atoms with E-state index in [4.69, 9.17) is 4.65 Å². The third-order valence-electron chi connectivity index (χ3n) is 8.50. The van der Waals surface area contributed by atoms with Gasteiger partial charge in [0.2, 0.25) is 11.0 Å². The zero-order valence-corrected chi connectivity index (χ0v) is 26.4. The lowest BCUT2D eigenvalue weighted by Gasteiger charge is -2.09. The number of hydrogen-bond acceptors (Lipinski definition) is 4. The lowest BCUT2D eigenvalue weighted by molar-refractivity contribution is -0.688. The van der Waals surface area contributed by atoms with Gasteiger partial charge in [-0.2, -0.15) is 9.13 Å². The van der Waals surface area contributed by atoms with Crippen molar-refractivity contribution in [3.8, 4) is 5.75 Å². The van der Waals surface area contributed by atoms with E-state index in [0.29, 0.717) is 37.4 Å². The molecule has 3 aromatic carbocycles. The summed E-state index contributed by atoms with van der Waals surface area (Å²) in [4.78, 5) is 0. The van der Waals surface area contributed by atoms with Crippen molar-refractivity contribution in [1.29, 1.82) is 0 Å². The summed E-state index contributed by atoms with van der Waals surface area (Å²) in [7, 11) is -0.834. The van der Waals surface area contributed by atoms with Gasteiger partial charge < -0.3 is 19.7 Å². The highest BCUT2D eigenvalue weighted by molar-refractivity contribution is 6.58. The number of pyridine rings is 4. The van der Waals surface area contributed by atoms with Crippen molar-refractivity contribution in [1.82, 2.24) is 0 Å². The summed E-state index contributed by atoms with van der Waals surface area (Å²) in [5, 5.41) is 31.8. The van der Waals surface area contributed by atoms with E-state index in [1.54, 1.807) is 0 Å². The number of nitrogens with zero attached hydrogens (tertiary/aromatic N) is 4. The molecule has 10 heteroatoms. The van der Waals surface area contributed by atoms with Crippen molar-refractivity contribution < 1.29 is 38.0 Å². The predicted molar refractivity (Wildman–Crippen MR) is 183 cm³/mol. The van der Waals surface area contributed by atoms with E-state index < -0.39 is 7.12 Å². The molecule has 7 aromatic rings. The lowest BCUT2D eigenvalue weighted by atomic mass is 9.78. The number of rotatable bonds is 11. The van der Waals surface area contributed by atoms with Gasteiger partial charge in [0.25, 0.3) is 0 Å². The van der Waals surface area contributed by atoms with Crippen LogP contribution in [0.2, 0.25) is 0 Å². The van der Waals surface area contributed by atoms with Crippen LogP contribution in [0.4, 0.5) is 0 Å². The zero-order chi connectivity index (χ0) is 32.9. The fourth-order valence-electron chi connectivity index (χ4n) is 6.44. The quantitative estimate of drug-likeness (QED) is 0.116. The molecule has 0 aliphatic heterocycles. The van der Waals surface area contributed by atoms with Gasteiger partial charge in [0.05, 0.1) is 10.8 Å². The van der Waals surface area contributed by atoms with Crippen LogP contribution in [-0.2, 0) is 26.2 Å². The van der Waals surface area contributed by atoms with Crippen molar-refractivity contribution in [2.24, 2.45) is 0 Å². The van der Waals surface area contributed by atoms with Crippen LogP contribution in [0.3, 0.4) is 0 Å². The van der Waals surface area contributed by atoms with Crippen LogP contribution in [0, 0.1) is 0 Å². The molecule has 0 fully saturated rings. The molecule has 0 amide bonds. The van der Waals surface area contributed by atoms with Crippen molar-refractivity contribution in [2.75, 3.05) is 0 Å². The smallest absolute Gasteiger partial charge is 0.537 e. The normalized spacial score (nSPS) is 11.1. The van der Waals surface area contributed by atoms with Crippen LogP contribution in [0.15, 0.2) is 146 Å². The Balaban J connectivity index is 1.22. The van der Waals surface area contributed by atoms with Gasteiger partial charge in [0.1, 0.15) is 5.75 Å². The molecule has 233 valence electrons. The minimum absolute atomic E-state index is 0.475. The highest BCUT2D eigenvalue weighted by Gasteiger charge is 2.20. The molecule has 0 unspecified atom stereocenters. The molecule has 4 aromatic heterocycles. The average molecular weight is 633 g/mol. The molecule has 0 spiro atoms. The first kappa shape index (κ1) is 31.2. The Morgan fingerprint density at radius 3 is 1.46 bits per heavy atom. The summed E-state index contributed by atoms with van der Waals surface area (Å²) in [6.07, 6.45) is 12.2.